The van der Waals surface area contributed by atoms with Crippen molar-refractivity contribution in [3.8, 4) is 0 Å². The second-order valence-electron chi connectivity index (χ2n) is 6.40. The number of aliphatic imine (C=N–C) groups is 1. The molecule has 1 aliphatic rings. The van der Waals surface area contributed by atoms with Crippen LogP contribution in [0.3, 0.4) is 0 Å². The minimum absolute atomic E-state index is 0. The number of nitrogens with zero attached hydrogens (tertiary/aromatic N) is 3. The zero-order valence-corrected chi connectivity index (χ0v) is 20.5. The number of rotatable bonds is 6. The lowest BCUT2D eigenvalue weighted by molar-refractivity contribution is 0.649. The normalized spacial score (nSPS) is 16.9. The van der Waals surface area contributed by atoms with E-state index in [4.69, 9.17) is 4.99 Å². The van der Waals surface area contributed by atoms with E-state index in [0.29, 0.717) is 6.04 Å². The molecule has 2 heterocycles. The van der Waals surface area contributed by atoms with Crippen LogP contribution in [0.15, 0.2) is 39.1 Å². The topological polar surface area (TPSA) is 52.6 Å². The van der Waals surface area contributed by atoms with Crippen molar-refractivity contribution >= 4 is 62.9 Å². The van der Waals surface area contributed by atoms with Crippen LogP contribution >= 0.6 is 51.2 Å². The Balaban J connectivity index is 0.00000261. The fraction of sp³-hybridized carbons (Fsp3) is 0.474. The number of nitrogens with one attached hydrogen (secondary N) is 2. The van der Waals surface area contributed by atoms with Crippen molar-refractivity contribution in [2.75, 3.05) is 31.1 Å². The first-order valence-corrected chi connectivity index (χ1v) is 10.8. The van der Waals surface area contributed by atoms with Crippen molar-refractivity contribution in [2.45, 2.75) is 32.7 Å². The Morgan fingerprint density at radius 3 is 2.93 bits per heavy atom. The molecule has 0 saturated carbocycles. The first kappa shape index (κ1) is 22.4. The van der Waals surface area contributed by atoms with Crippen molar-refractivity contribution in [1.29, 1.82) is 0 Å². The van der Waals surface area contributed by atoms with Gasteiger partial charge in [-0.2, -0.15) is 0 Å². The summed E-state index contributed by atoms with van der Waals surface area (Å²) >= 11 is 5.36. The Labute approximate surface area is 191 Å². The second-order valence-corrected chi connectivity index (χ2v) is 8.31. The van der Waals surface area contributed by atoms with E-state index >= 15 is 0 Å². The van der Waals surface area contributed by atoms with E-state index in [1.54, 1.807) is 11.3 Å². The minimum Gasteiger partial charge on any atom is -0.368 e. The molecule has 8 heteroatoms. The molecular weight excluding hydrogens is 537 g/mol. The van der Waals surface area contributed by atoms with E-state index in [1.165, 1.54) is 5.69 Å². The third-order valence-electron chi connectivity index (χ3n) is 4.37. The molecule has 27 heavy (non-hydrogen) atoms. The Morgan fingerprint density at radius 2 is 2.22 bits per heavy atom. The van der Waals surface area contributed by atoms with Gasteiger partial charge in [0.2, 0.25) is 0 Å². The largest absolute Gasteiger partial charge is 0.368 e. The molecule has 5 nitrogen and oxygen atoms in total. The summed E-state index contributed by atoms with van der Waals surface area (Å²) in [7, 11) is 0. The highest BCUT2D eigenvalue weighted by Crippen LogP contribution is 2.28. The van der Waals surface area contributed by atoms with E-state index in [0.717, 1.165) is 60.2 Å². The number of anilines is 1. The predicted molar refractivity (Wildman–Crippen MR) is 130 cm³/mol. The molecule has 0 amide bonds. The minimum atomic E-state index is 0. The summed E-state index contributed by atoms with van der Waals surface area (Å²) in [5.74, 6) is 0.901. The summed E-state index contributed by atoms with van der Waals surface area (Å²) in [6.07, 6.45) is 1.99. The van der Waals surface area contributed by atoms with Gasteiger partial charge in [-0.15, -0.1) is 35.3 Å². The third-order valence-corrected chi connectivity index (χ3v) is 5.86. The summed E-state index contributed by atoms with van der Waals surface area (Å²) < 4.78 is 1.15. The number of benzene rings is 1. The van der Waals surface area contributed by atoms with Gasteiger partial charge < -0.3 is 15.5 Å². The average molecular weight is 564 g/mol. The molecule has 0 spiro atoms. The lowest BCUT2D eigenvalue weighted by Gasteiger charge is -2.21. The lowest BCUT2D eigenvalue weighted by atomic mass is 10.2. The number of hydrogen-bond acceptors (Lipinski definition) is 4. The maximum absolute atomic E-state index is 4.73. The zero-order chi connectivity index (χ0) is 18.4. The fourth-order valence-electron chi connectivity index (χ4n) is 3.12. The van der Waals surface area contributed by atoms with Crippen molar-refractivity contribution < 1.29 is 0 Å². The lowest BCUT2D eigenvalue weighted by Crippen LogP contribution is -2.44. The molecule has 1 aromatic carbocycles. The molecule has 1 aromatic heterocycles. The van der Waals surface area contributed by atoms with Gasteiger partial charge in [0.1, 0.15) is 0 Å². The number of hydrogen-bond donors (Lipinski definition) is 2. The molecule has 0 radical (unpaired) electrons. The van der Waals surface area contributed by atoms with Gasteiger partial charge in [0.05, 0.1) is 16.4 Å². The van der Waals surface area contributed by atoms with Crippen LogP contribution in [0.25, 0.3) is 0 Å². The predicted octanol–water partition coefficient (Wildman–Crippen LogP) is 4.21. The molecule has 0 bridgehead atoms. The average Bonchev–Trinajstić information content (AvgIpc) is 3.25. The first-order valence-electron chi connectivity index (χ1n) is 9.11. The van der Waals surface area contributed by atoms with Crippen LogP contribution in [0.1, 0.15) is 24.0 Å². The van der Waals surface area contributed by atoms with E-state index < -0.39 is 0 Å². The molecule has 148 valence electrons. The fourth-order valence-corrected chi connectivity index (χ4v) is 4.31. The van der Waals surface area contributed by atoms with Crippen LogP contribution in [-0.4, -0.2) is 43.2 Å². The maximum atomic E-state index is 4.73. The van der Waals surface area contributed by atoms with Crippen LogP contribution in [0, 0.1) is 6.92 Å². The highest BCUT2D eigenvalue weighted by Gasteiger charge is 2.24. The van der Waals surface area contributed by atoms with E-state index in [2.05, 4.69) is 73.0 Å². The highest BCUT2D eigenvalue weighted by atomic mass is 127. The SMILES string of the molecule is CCNC(=NCCc1csc(C)n1)NC1CCN(c2ccccc2Br)C1.I. The first-order chi connectivity index (χ1) is 12.7. The van der Waals surface area contributed by atoms with E-state index in [9.17, 15) is 0 Å². The number of aryl methyl sites for hydroxylation is 1. The number of aromatic nitrogens is 1. The van der Waals surface area contributed by atoms with Gasteiger partial charge in [0.25, 0.3) is 0 Å². The van der Waals surface area contributed by atoms with Crippen molar-refractivity contribution in [1.82, 2.24) is 15.6 Å². The Hall–Kier alpha value is -0.870. The summed E-state index contributed by atoms with van der Waals surface area (Å²) in [4.78, 5) is 11.7. The molecule has 1 saturated heterocycles. The van der Waals surface area contributed by atoms with Crippen LogP contribution in [-0.2, 0) is 6.42 Å². The van der Waals surface area contributed by atoms with E-state index in [1.807, 2.05) is 6.92 Å². The van der Waals surface area contributed by atoms with Gasteiger partial charge >= 0.3 is 0 Å². The third kappa shape index (κ3) is 6.60. The van der Waals surface area contributed by atoms with Crippen molar-refractivity contribution in [3.05, 3.63) is 44.8 Å². The van der Waals surface area contributed by atoms with Crippen LogP contribution in [0.2, 0.25) is 0 Å². The summed E-state index contributed by atoms with van der Waals surface area (Å²) in [6.45, 7) is 7.79. The number of guanidine groups is 1. The number of halogens is 2. The van der Waals surface area contributed by atoms with Crippen molar-refractivity contribution in [3.63, 3.8) is 0 Å². The molecule has 1 fully saturated rings. The second kappa shape index (κ2) is 11.2. The van der Waals surface area contributed by atoms with Gasteiger partial charge in [-0.1, -0.05) is 12.1 Å². The Bertz CT molecular complexity index is 751. The van der Waals surface area contributed by atoms with Crippen LogP contribution in [0.4, 0.5) is 5.69 Å². The highest BCUT2D eigenvalue weighted by molar-refractivity contribution is 14.0. The van der Waals surface area contributed by atoms with Crippen LogP contribution < -0.4 is 15.5 Å². The van der Waals surface area contributed by atoms with Gasteiger partial charge in [0, 0.05) is 48.5 Å². The van der Waals surface area contributed by atoms with Crippen LogP contribution in [0.5, 0.6) is 0 Å². The Kier molecular flexibility index (Phi) is 9.31. The number of thiazole rings is 1. The van der Waals surface area contributed by atoms with Gasteiger partial charge in [-0.3, -0.25) is 4.99 Å². The molecule has 2 aromatic rings. The molecule has 1 aliphatic heterocycles. The molecule has 0 aliphatic carbocycles. The van der Waals surface area contributed by atoms with Gasteiger partial charge in [0.15, 0.2) is 5.96 Å². The van der Waals surface area contributed by atoms with E-state index in [-0.39, 0.29) is 24.0 Å². The van der Waals surface area contributed by atoms with Gasteiger partial charge in [-0.05, 0) is 48.3 Å². The summed E-state index contributed by atoms with van der Waals surface area (Å²) in [5.41, 5.74) is 2.39. The molecule has 1 atom stereocenters. The zero-order valence-electron chi connectivity index (χ0n) is 15.7. The van der Waals surface area contributed by atoms with Gasteiger partial charge in [-0.25, -0.2) is 4.98 Å². The van der Waals surface area contributed by atoms with Crippen molar-refractivity contribution in [2.24, 2.45) is 4.99 Å². The smallest absolute Gasteiger partial charge is 0.191 e. The number of para-hydroxylation sites is 1. The molecular formula is C19H27BrIN5S. The molecule has 1 unspecified atom stereocenters. The standard InChI is InChI=1S/C19H26BrN5S.HI/c1-3-21-19(22-10-8-16-13-26-14(2)23-16)24-15-9-11-25(12-15)18-7-5-4-6-17(18)20;/h4-7,13,15H,3,8-12H2,1-2H3,(H2,21,22,24);1H. The quantitative estimate of drug-likeness (QED) is 0.314. The Morgan fingerprint density at radius 1 is 1.41 bits per heavy atom. The monoisotopic (exact) mass is 563 g/mol. The summed E-state index contributed by atoms with van der Waals surface area (Å²) in [5, 5.41) is 10.2. The molecule has 3 rings (SSSR count). The maximum Gasteiger partial charge on any atom is 0.191 e. The molecule has 2 N–H and O–H groups in total. The summed E-state index contributed by atoms with van der Waals surface area (Å²) in [6, 6.07) is 8.82.